The average Bonchev–Trinajstić information content (AvgIpc) is 2.96. The van der Waals surface area contributed by atoms with E-state index in [2.05, 4.69) is 20.4 Å². The molecular formula is C16H22ClN5OS. The average molecular weight is 368 g/mol. The number of rotatable bonds is 7. The zero-order chi connectivity index (χ0) is 16.8. The molecule has 24 heavy (non-hydrogen) atoms. The van der Waals surface area contributed by atoms with Crippen LogP contribution in [0, 0.1) is 0 Å². The molecular weight excluding hydrogens is 346 g/mol. The van der Waals surface area contributed by atoms with Crippen molar-refractivity contribution in [2.45, 2.75) is 11.7 Å². The Kier molecular flexibility index (Phi) is 6.37. The minimum atomic E-state index is 0.634. The molecule has 0 saturated carbocycles. The Labute approximate surface area is 151 Å². The number of aromatic nitrogens is 3. The van der Waals surface area contributed by atoms with E-state index in [0.717, 1.165) is 60.3 Å². The highest BCUT2D eigenvalue weighted by atomic mass is 35.5. The minimum absolute atomic E-state index is 0.634. The maximum Gasteiger partial charge on any atom is 0.191 e. The number of hydrogen-bond acceptors (Lipinski definition) is 6. The highest BCUT2D eigenvalue weighted by Crippen LogP contribution is 2.18. The van der Waals surface area contributed by atoms with E-state index in [0.29, 0.717) is 6.54 Å². The summed E-state index contributed by atoms with van der Waals surface area (Å²) in [5.41, 5.74) is 1.02. The number of nitrogens with zero attached hydrogens (tertiary/aromatic N) is 4. The first-order valence-corrected chi connectivity index (χ1v) is 9.39. The summed E-state index contributed by atoms with van der Waals surface area (Å²) >= 11 is 7.64. The van der Waals surface area contributed by atoms with Gasteiger partial charge in [-0.15, -0.1) is 10.2 Å². The third-order valence-electron chi connectivity index (χ3n) is 3.96. The predicted molar refractivity (Wildman–Crippen MR) is 97.8 cm³/mol. The quantitative estimate of drug-likeness (QED) is 0.759. The van der Waals surface area contributed by atoms with Gasteiger partial charge in [0.15, 0.2) is 11.0 Å². The van der Waals surface area contributed by atoms with Crippen LogP contribution >= 0.6 is 23.4 Å². The SMILES string of the molecule is Cn1c(CNc2ccc(Cl)cc2)nnc1SCCN1CCOCC1. The summed E-state index contributed by atoms with van der Waals surface area (Å²) in [5.74, 6) is 1.93. The summed E-state index contributed by atoms with van der Waals surface area (Å²) in [6.45, 7) is 5.42. The summed E-state index contributed by atoms with van der Waals surface area (Å²) in [5, 5.41) is 13.6. The fourth-order valence-electron chi connectivity index (χ4n) is 2.46. The van der Waals surface area contributed by atoms with Crippen LogP contribution in [0.3, 0.4) is 0 Å². The molecule has 0 spiro atoms. The Morgan fingerprint density at radius 1 is 1.21 bits per heavy atom. The second kappa shape index (κ2) is 8.71. The van der Waals surface area contributed by atoms with Gasteiger partial charge in [-0.2, -0.15) is 0 Å². The van der Waals surface area contributed by atoms with E-state index < -0.39 is 0 Å². The first kappa shape index (κ1) is 17.5. The Hall–Kier alpha value is -1.28. The highest BCUT2D eigenvalue weighted by molar-refractivity contribution is 7.99. The smallest absolute Gasteiger partial charge is 0.191 e. The topological polar surface area (TPSA) is 55.2 Å². The Balaban J connectivity index is 1.47. The number of morpholine rings is 1. The molecule has 1 aliphatic heterocycles. The van der Waals surface area contributed by atoms with Crippen LogP contribution in [0.15, 0.2) is 29.4 Å². The van der Waals surface area contributed by atoms with Crippen LogP contribution in [0.5, 0.6) is 0 Å². The molecule has 3 rings (SSSR count). The maximum absolute atomic E-state index is 5.89. The summed E-state index contributed by atoms with van der Waals surface area (Å²) in [6, 6.07) is 7.65. The second-order valence-electron chi connectivity index (χ2n) is 5.62. The third-order valence-corrected chi connectivity index (χ3v) is 5.21. The van der Waals surface area contributed by atoms with Crippen molar-refractivity contribution < 1.29 is 4.74 Å². The largest absolute Gasteiger partial charge is 0.379 e. The van der Waals surface area contributed by atoms with Gasteiger partial charge in [0.1, 0.15) is 0 Å². The van der Waals surface area contributed by atoms with Gasteiger partial charge in [0.25, 0.3) is 0 Å². The minimum Gasteiger partial charge on any atom is -0.379 e. The normalized spacial score (nSPS) is 15.6. The lowest BCUT2D eigenvalue weighted by molar-refractivity contribution is 0.0410. The summed E-state index contributed by atoms with van der Waals surface area (Å²) in [7, 11) is 2.01. The summed E-state index contributed by atoms with van der Waals surface area (Å²) in [4.78, 5) is 2.43. The van der Waals surface area contributed by atoms with Gasteiger partial charge in [-0.05, 0) is 24.3 Å². The van der Waals surface area contributed by atoms with Gasteiger partial charge in [-0.1, -0.05) is 23.4 Å². The molecule has 1 aliphatic rings. The molecule has 1 fully saturated rings. The van der Waals surface area contributed by atoms with Crippen LogP contribution < -0.4 is 5.32 Å². The lowest BCUT2D eigenvalue weighted by atomic mass is 10.3. The Morgan fingerprint density at radius 3 is 2.71 bits per heavy atom. The van der Waals surface area contributed by atoms with Gasteiger partial charge in [-0.25, -0.2) is 0 Å². The van der Waals surface area contributed by atoms with Crippen molar-refractivity contribution in [2.75, 3.05) is 43.9 Å². The summed E-state index contributed by atoms with van der Waals surface area (Å²) < 4.78 is 7.42. The van der Waals surface area contributed by atoms with E-state index in [1.54, 1.807) is 11.8 Å². The van der Waals surface area contributed by atoms with E-state index in [9.17, 15) is 0 Å². The molecule has 1 saturated heterocycles. The van der Waals surface area contributed by atoms with Crippen LogP contribution in [0.2, 0.25) is 5.02 Å². The zero-order valence-electron chi connectivity index (χ0n) is 13.7. The van der Waals surface area contributed by atoms with Gasteiger partial charge >= 0.3 is 0 Å². The monoisotopic (exact) mass is 367 g/mol. The van der Waals surface area contributed by atoms with Crippen LogP contribution in [-0.4, -0.2) is 58.3 Å². The zero-order valence-corrected chi connectivity index (χ0v) is 15.3. The molecule has 1 N–H and O–H groups in total. The van der Waals surface area contributed by atoms with Crippen molar-refractivity contribution in [3.8, 4) is 0 Å². The van der Waals surface area contributed by atoms with Crippen LogP contribution in [0.1, 0.15) is 5.82 Å². The molecule has 0 radical (unpaired) electrons. The molecule has 6 nitrogen and oxygen atoms in total. The molecule has 8 heteroatoms. The number of nitrogens with one attached hydrogen (secondary N) is 1. The molecule has 1 aromatic heterocycles. The predicted octanol–water partition coefficient (Wildman–Crippen LogP) is 2.50. The Morgan fingerprint density at radius 2 is 1.96 bits per heavy atom. The molecule has 0 atom stereocenters. The maximum atomic E-state index is 5.89. The molecule has 2 heterocycles. The first-order valence-electron chi connectivity index (χ1n) is 8.03. The number of hydrogen-bond donors (Lipinski definition) is 1. The molecule has 0 amide bonds. The van der Waals surface area contributed by atoms with Gasteiger partial charge < -0.3 is 14.6 Å². The van der Waals surface area contributed by atoms with Crippen molar-refractivity contribution in [3.05, 3.63) is 35.1 Å². The van der Waals surface area contributed by atoms with E-state index >= 15 is 0 Å². The van der Waals surface area contributed by atoms with E-state index in [1.807, 2.05) is 35.9 Å². The molecule has 0 bridgehead atoms. The lowest BCUT2D eigenvalue weighted by Gasteiger charge is -2.26. The summed E-state index contributed by atoms with van der Waals surface area (Å²) in [6.07, 6.45) is 0. The fourth-order valence-corrected chi connectivity index (χ4v) is 3.52. The second-order valence-corrected chi connectivity index (χ2v) is 7.12. The first-order chi connectivity index (χ1) is 11.7. The van der Waals surface area contributed by atoms with Gasteiger partial charge in [-0.3, -0.25) is 4.90 Å². The number of benzene rings is 1. The van der Waals surface area contributed by atoms with Gasteiger partial charge in [0.2, 0.25) is 0 Å². The number of anilines is 1. The number of ether oxygens (including phenoxy) is 1. The van der Waals surface area contributed by atoms with Crippen molar-refractivity contribution in [2.24, 2.45) is 7.05 Å². The number of halogens is 1. The molecule has 1 aromatic carbocycles. The van der Waals surface area contributed by atoms with Gasteiger partial charge in [0.05, 0.1) is 19.8 Å². The number of thioether (sulfide) groups is 1. The van der Waals surface area contributed by atoms with Crippen molar-refractivity contribution in [1.82, 2.24) is 19.7 Å². The third kappa shape index (κ3) is 4.86. The van der Waals surface area contributed by atoms with E-state index in [4.69, 9.17) is 16.3 Å². The van der Waals surface area contributed by atoms with E-state index in [1.165, 1.54) is 0 Å². The van der Waals surface area contributed by atoms with Crippen LogP contribution in [0.4, 0.5) is 5.69 Å². The van der Waals surface area contributed by atoms with Crippen molar-refractivity contribution in [3.63, 3.8) is 0 Å². The molecule has 2 aromatic rings. The highest BCUT2D eigenvalue weighted by Gasteiger charge is 2.12. The lowest BCUT2D eigenvalue weighted by Crippen LogP contribution is -2.37. The van der Waals surface area contributed by atoms with Crippen molar-refractivity contribution in [1.29, 1.82) is 0 Å². The molecule has 130 valence electrons. The molecule has 0 aliphatic carbocycles. The van der Waals surface area contributed by atoms with Crippen molar-refractivity contribution >= 4 is 29.1 Å². The Bertz CT molecular complexity index is 642. The van der Waals surface area contributed by atoms with Crippen LogP contribution in [-0.2, 0) is 18.3 Å². The van der Waals surface area contributed by atoms with Crippen LogP contribution in [0.25, 0.3) is 0 Å². The van der Waals surface area contributed by atoms with E-state index in [-0.39, 0.29) is 0 Å². The van der Waals surface area contributed by atoms with Gasteiger partial charge in [0, 0.05) is 43.1 Å². The molecule has 0 unspecified atom stereocenters. The standard InChI is InChI=1S/C16H22ClN5OS/c1-21-15(12-18-14-4-2-13(17)3-5-14)19-20-16(21)24-11-8-22-6-9-23-10-7-22/h2-5,18H,6-12H2,1H3. The fraction of sp³-hybridized carbons (Fsp3) is 0.500.